The number of carbonyl (C=O) groups excluding carboxylic acids is 1. The van der Waals surface area contributed by atoms with E-state index in [1.807, 2.05) is 25.4 Å². The number of benzene rings is 1. The molecule has 1 aromatic carbocycles. The van der Waals surface area contributed by atoms with Crippen LogP contribution in [0.3, 0.4) is 0 Å². The minimum atomic E-state index is -1.32. The number of carboxylic acid groups (broad SMARTS) is 1. The number of nitrogens with zero attached hydrogens (tertiary/aromatic N) is 2. The van der Waals surface area contributed by atoms with Crippen LogP contribution in [0.25, 0.3) is 0 Å². The van der Waals surface area contributed by atoms with Crippen LogP contribution in [0.15, 0.2) is 36.7 Å². The molecule has 0 aliphatic carbocycles. The second-order valence-electron chi connectivity index (χ2n) is 8.29. The summed E-state index contributed by atoms with van der Waals surface area (Å²) in [7, 11) is 1.84. The molecule has 6 heteroatoms. The first-order valence-electron chi connectivity index (χ1n) is 9.15. The van der Waals surface area contributed by atoms with E-state index in [4.69, 9.17) is 0 Å². The molecular weight excluding hydrogens is 342 g/mol. The molecule has 0 radical (unpaired) electrons. The van der Waals surface area contributed by atoms with Crippen molar-refractivity contribution >= 4 is 11.9 Å². The molecular formula is C21H29N3O3. The smallest absolute Gasteiger partial charge is 0.329 e. The van der Waals surface area contributed by atoms with Gasteiger partial charge in [-0.15, -0.1) is 0 Å². The van der Waals surface area contributed by atoms with Crippen molar-refractivity contribution < 1.29 is 14.7 Å². The number of carbonyl (C=O) groups is 2. The van der Waals surface area contributed by atoms with Gasteiger partial charge in [0.1, 0.15) is 5.54 Å². The predicted octanol–water partition coefficient (Wildman–Crippen LogP) is 3.31. The van der Waals surface area contributed by atoms with Crippen molar-refractivity contribution in [2.24, 2.45) is 7.05 Å². The van der Waals surface area contributed by atoms with Crippen molar-refractivity contribution in [2.45, 2.75) is 57.9 Å². The van der Waals surface area contributed by atoms with Crippen molar-refractivity contribution in [2.75, 3.05) is 0 Å². The maximum atomic E-state index is 12.6. The lowest BCUT2D eigenvalue weighted by Crippen LogP contribution is -2.52. The molecule has 0 fully saturated rings. The molecule has 1 aromatic heterocycles. The van der Waals surface area contributed by atoms with Gasteiger partial charge in [-0.05, 0) is 54.9 Å². The summed E-state index contributed by atoms with van der Waals surface area (Å²) in [6, 6.07) is 7.31. The Morgan fingerprint density at radius 3 is 2.26 bits per heavy atom. The van der Waals surface area contributed by atoms with Crippen molar-refractivity contribution in [1.82, 2.24) is 15.1 Å². The highest BCUT2D eigenvalue weighted by molar-refractivity contribution is 5.97. The third kappa shape index (κ3) is 5.42. The fraction of sp³-hybridized carbons (Fsp3) is 0.476. The number of hydrogen-bond acceptors (Lipinski definition) is 3. The maximum Gasteiger partial charge on any atom is 0.329 e. The van der Waals surface area contributed by atoms with Crippen LogP contribution < -0.4 is 5.32 Å². The van der Waals surface area contributed by atoms with E-state index in [0.29, 0.717) is 24.8 Å². The lowest BCUT2D eigenvalue weighted by molar-refractivity contribution is -0.144. The molecule has 0 saturated heterocycles. The summed E-state index contributed by atoms with van der Waals surface area (Å²) >= 11 is 0. The van der Waals surface area contributed by atoms with Crippen molar-refractivity contribution in [3.05, 3.63) is 53.3 Å². The summed E-state index contributed by atoms with van der Waals surface area (Å²) in [4.78, 5) is 24.4. The molecule has 146 valence electrons. The number of aryl methyl sites for hydroxylation is 2. The molecule has 1 atom stereocenters. The van der Waals surface area contributed by atoms with E-state index in [9.17, 15) is 14.7 Å². The standard InChI is InChI=1S/C21H29N3O3/c1-20(2,3)17-10-8-16(9-11-17)18(25)23-21(4,19(26)27)12-6-7-15-13-22-24(5)14-15/h8-11,13-14H,6-7,12H2,1-5H3,(H,23,25)(H,26,27). The van der Waals surface area contributed by atoms with Crippen LogP contribution in [-0.2, 0) is 23.7 Å². The van der Waals surface area contributed by atoms with Gasteiger partial charge in [-0.2, -0.15) is 5.10 Å². The Morgan fingerprint density at radius 2 is 1.78 bits per heavy atom. The summed E-state index contributed by atoms with van der Waals surface area (Å²) in [5.74, 6) is -1.41. The molecule has 6 nitrogen and oxygen atoms in total. The number of aromatic nitrogens is 2. The Labute approximate surface area is 160 Å². The monoisotopic (exact) mass is 371 g/mol. The number of carboxylic acids is 1. The minimum Gasteiger partial charge on any atom is -0.480 e. The number of hydrogen-bond donors (Lipinski definition) is 2. The molecule has 1 heterocycles. The van der Waals surface area contributed by atoms with Crippen molar-refractivity contribution in [3.8, 4) is 0 Å². The lowest BCUT2D eigenvalue weighted by Gasteiger charge is -2.26. The van der Waals surface area contributed by atoms with E-state index >= 15 is 0 Å². The van der Waals surface area contributed by atoms with Gasteiger partial charge in [-0.25, -0.2) is 4.79 Å². The van der Waals surface area contributed by atoms with Gasteiger partial charge in [0.15, 0.2) is 0 Å². The third-order valence-corrected chi connectivity index (χ3v) is 4.78. The minimum absolute atomic E-state index is 0.00309. The van der Waals surface area contributed by atoms with Gasteiger partial charge < -0.3 is 10.4 Å². The summed E-state index contributed by atoms with van der Waals surface area (Å²) in [6.45, 7) is 7.86. The number of aliphatic carboxylic acids is 1. The van der Waals surface area contributed by atoms with E-state index in [1.54, 1.807) is 29.9 Å². The molecule has 0 saturated carbocycles. The molecule has 0 aliphatic heterocycles. The Kier molecular flexibility index (Phi) is 6.08. The SMILES string of the molecule is Cn1cc(CCCC(C)(NC(=O)c2ccc(C(C)(C)C)cc2)C(=O)O)cn1. The van der Waals surface area contributed by atoms with Crippen LogP contribution in [0.5, 0.6) is 0 Å². The highest BCUT2D eigenvalue weighted by Gasteiger charge is 2.34. The van der Waals surface area contributed by atoms with Gasteiger partial charge >= 0.3 is 5.97 Å². The van der Waals surface area contributed by atoms with Gasteiger partial charge in [-0.3, -0.25) is 9.48 Å². The fourth-order valence-electron chi connectivity index (χ4n) is 2.91. The zero-order chi connectivity index (χ0) is 20.2. The number of amides is 1. The number of nitrogens with one attached hydrogen (secondary N) is 1. The van der Waals surface area contributed by atoms with Gasteiger partial charge in [0.25, 0.3) is 5.91 Å². The van der Waals surface area contributed by atoms with Crippen molar-refractivity contribution in [1.29, 1.82) is 0 Å². The Balaban J connectivity index is 2.02. The Bertz CT molecular complexity index is 803. The zero-order valence-electron chi connectivity index (χ0n) is 16.7. The molecule has 27 heavy (non-hydrogen) atoms. The zero-order valence-corrected chi connectivity index (χ0v) is 16.7. The Morgan fingerprint density at radius 1 is 1.15 bits per heavy atom. The van der Waals surface area contributed by atoms with Gasteiger partial charge in [0.05, 0.1) is 6.20 Å². The Hall–Kier alpha value is -2.63. The van der Waals surface area contributed by atoms with Crippen LogP contribution >= 0.6 is 0 Å². The van der Waals surface area contributed by atoms with E-state index in [0.717, 1.165) is 11.1 Å². The average molecular weight is 371 g/mol. The normalized spacial score (nSPS) is 13.8. The molecule has 0 spiro atoms. The van der Waals surface area contributed by atoms with Crippen LogP contribution in [0.4, 0.5) is 0 Å². The topological polar surface area (TPSA) is 84.2 Å². The molecule has 2 aromatic rings. The number of rotatable bonds is 7. The van der Waals surface area contributed by atoms with E-state index in [2.05, 4.69) is 31.2 Å². The van der Waals surface area contributed by atoms with Crippen LogP contribution in [0, 0.1) is 0 Å². The van der Waals surface area contributed by atoms with Gasteiger partial charge in [0, 0.05) is 18.8 Å². The summed E-state index contributed by atoms with van der Waals surface area (Å²) in [5, 5.41) is 16.5. The van der Waals surface area contributed by atoms with E-state index in [-0.39, 0.29) is 11.3 Å². The van der Waals surface area contributed by atoms with Crippen LogP contribution in [-0.4, -0.2) is 32.3 Å². The van der Waals surface area contributed by atoms with E-state index in [1.165, 1.54) is 0 Å². The first-order valence-corrected chi connectivity index (χ1v) is 9.15. The molecule has 2 rings (SSSR count). The van der Waals surface area contributed by atoms with Gasteiger partial charge in [-0.1, -0.05) is 32.9 Å². The predicted molar refractivity (Wildman–Crippen MR) is 105 cm³/mol. The molecule has 0 aliphatic rings. The second-order valence-corrected chi connectivity index (χ2v) is 8.29. The maximum absolute atomic E-state index is 12.6. The molecule has 0 bridgehead atoms. The average Bonchev–Trinajstić information content (AvgIpc) is 2.99. The fourth-order valence-corrected chi connectivity index (χ4v) is 2.91. The first-order chi connectivity index (χ1) is 12.5. The highest BCUT2D eigenvalue weighted by atomic mass is 16.4. The second kappa shape index (κ2) is 7.94. The van der Waals surface area contributed by atoms with Crippen LogP contribution in [0.1, 0.15) is 62.0 Å². The molecule has 1 unspecified atom stereocenters. The molecule has 1 amide bonds. The van der Waals surface area contributed by atoms with Crippen molar-refractivity contribution in [3.63, 3.8) is 0 Å². The lowest BCUT2D eigenvalue weighted by atomic mass is 9.86. The highest BCUT2D eigenvalue weighted by Crippen LogP contribution is 2.23. The third-order valence-electron chi connectivity index (χ3n) is 4.78. The quantitative estimate of drug-likeness (QED) is 0.782. The summed E-state index contributed by atoms with van der Waals surface area (Å²) in [5.41, 5.74) is 1.31. The van der Waals surface area contributed by atoms with Gasteiger partial charge in [0.2, 0.25) is 0 Å². The first kappa shape index (κ1) is 20.7. The van der Waals surface area contributed by atoms with Crippen LogP contribution in [0.2, 0.25) is 0 Å². The molecule has 2 N–H and O–H groups in total. The largest absolute Gasteiger partial charge is 0.480 e. The summed E-state index contributed by atoms with van der Waals surface area (Å²) < 4.78 is 1.72. The van der Waals surface area contributed by atoms with E-state index < -0.39 is 11.5 Å². The summed E-state index contributed by atoms with van der Waals surface area (Å²) in [6.07, 6.45) is 5.37.